The fourth-order valence-electron chi connectivity index (χ4n) is 0.684. The van der Waals surface area contributed by atoms with E-state index < -0.39 is 0 Å². The van der Waals surface area contributed by atoms with Crippen LogP contribution in [0.5, 0.6) is 0 Å². The maximum Gasteiger partial charge on any atom is 0.0101 e. The number of hydrogen-bond acceptors (Lipinski definition) is 1. The smallest absolute Gasteiger partial charge is 0.0101 e. The first kappa shape index (κ1) is 9.28. The molecule has 0 aromatic heterocycles. The van der Waals surface area contributed by atoms with Crippen LogP contribution in [-0.4, -0.2) is 0 Å². The third kappa shape index (κ3) is 4.19. The van der Waals surface area contributed by atoms with Crippen molar-refractivity contribution in [2.45, 2.75) is 26.7 Å². The molecule has 0 atom stereocenters. The van der Waals surface area contributed by atoms with Gasteiger partial charge in [-0.1, -0.05) is 32.1 Å². The van der Waals surface area contributed by atoms with Crippen molar-refractivity contribution >= 4 is 0 Å². The highest BCUT2D eigenvalue weighted by atomic mass is 14.6. The van der Waals surface area contributed by atoms with Crippen LogP contribution in [-0.2, 0) is 0 Å². The monoisotopic (exact) mass is 138 g/mol. The second-order valence-corrected chi connectivity index (χ2v) is 1.85. The van der Waals surface area contributed by atoms with Gasteiger partial charge in [0.05, 0.1) is 0 Å². The average Bonchev–Trinajstić information content (AvgIpc) is 2.21. The zero-order valence-corrected chi connectivity index (χ0v) is 6.80. The van der Waals surface area contributed by atoms with Gasteiger partial charge in [-0.15, -0.1) is 0 Å². The van der Waals surface area contributed by atoms with Crippen molar-refractivity contribution < 1.29 is 0 Å². The fourth-order valence-corrected chi connectivity index (χ4v) is 0.684. The van der Waals surface area contributed by atoms with Crippen molar-refractivity contribution in [3.63, 3.8) is 0 Å². The van der Waals surface area contributed by atoms with E-state index in [1.54, 1.807) is 0 Å². The molecule has 1 nitrogen and oxygen atoms in total. The standard InChI is InChI=1S/C7H10N.C2H6/c8-7-5-3-1-2-4-6-7;1-2/h1-2,5-6H,3-4,8H2;1-2H3. The summed E-state index contributed by atoms with van der Waals surface area (Å²) < 4.78 is 0. The van der Waals surface area contributed by atoms with E-state index in [1.807, 2.05) is 26.3 Å². The summed E-state index contributed by atoms with van der Waals surface area (Å²) in [6, 6.07) is 0. The highest BCUT2D eigenvalue weighted by Crippen LogP contribution is 2.04. The lowest BCUT2D eigenvalue weighted by Gasteiger charge is -1.90. The minimum Gasteiger partial charge on any atom is -0.402 e. The van der Waals surface area contributed by atoms with Gasteiger partial charge in [0.15, 0.2) is 0 Å². The molecule has 1 rings (SSSR count). The molecule has 0 bridgehead atoms. The molecule has 0 fully saturated rings. The first-order valence-corrected chi connectivity index (χ1v) is 3.83. The summed E-state index contributed by atoms with van der Waals surface area (Å²) >= 11 is 0. The van der Waals surface area contributed by atoms with Gasteiger partial charge in [0.1, 0.15) is 0 Å². The van der Waals surface area contributed by atoms with E-state index in [2.05, 4.69) is 12.2 Å². The van der Waals surface area contributed by atoms with Gasteiger partial charge >= 0.3 is 0 Å². The van der Waals surface area contributed by atoms with Crippen molar-refractivity contribution in [1.82, 2.24) is 0 Å². The Kier molecular flexibility index (Phi) is 5.94. The van der Waals surface area contributed by atoms with Gasteiger partial charge in [0, 0.05) is 12.1 Å². The lowest BCUT2D eigenvalue weighted by molar-refractivity contribution is 1.19. The van der Waals surface area contributed by atoms with Crippen molar-refractivity contribution in [2.75, 3.05) is 0 Å². The molecular weight excluding hydrogens is 122 g/mol. The molecule has 0 heterocycles. The predicted octanol–water partition coefficient (Wildman–Crippen LogP) is 2.41. The maximum absolute atomic E-state index is 5.50. The summed E-state index contributed by atoms with van der Waals surface area (Å²) in [5.74, 6) is 0. The third-order valence-electron chi connectivity index (χ3n) is 1.15. The van der Waals surface area contributed by atoms with Crippen LogP contribution < -0.4 is 5.73 Å². The second kappa shape index (κ2) is 6.40. The first-order chi connectivity index (χ1) is 4.89. The van der Waals surface area contributed by atoms with Crippen LogP contribution in [0, 0.1) is 6.42 Å². The van der Waals surface area contributed by atoms with Crippen LogP contribution in [0.25, 0.3) is 0 Å². The Hall–Kier alpha value is -0.720. The molecule has 0 spiro atoms. The molecule has 0 amide bonds. The van der Waals surface area contributed by atoms with Gasteiger partial charge in [-0.25, -0.2) is 0 Å². The molecule has 0 aromatic carbocycles. The molecule has 0 unspecified atom stereocenters. The Labute approximate surface area is 63.6 Å². The molecule has 1 heteroatoms. The van der Waals surface area contributed by atoms with Gasteiger partial charge in [-0.2, -0.15) is 0 Å². The van der Waals surface area contributed by atoms with Gasteiger partial charge in [0.2, 0.25) is 0 Å². The van der Waals surface area contributed by atoms with Crippen molar-refractivity contribution in [3.8, 4) is 0 Å². The molecule has 1 aliphatic rings. The molecular formula is C9H16N. The molecule has 1 radical (unpaired) electrons. The largest absolute Gasteiger partial charge is 0.402 e. The summed E-state index contributed by atoms with van der Waals surface area (Å²) in [5.41, 5.74) is 6.41. The summed E-state index contributed by atoms with van der Waals surface area (Å²) in [7, 11) is 0. The highest BCUT2D eigenvalue weighted by Gasteiger charge is 1.90. The molecule has 57 valence electrons. The Balaban J connectivity index is 0.000000371. The molecule has 0 saturated carbocycles. The van der Waals surface area contributed by atoms with Crippen molar-refractivity contribution in [3.05, 3.63) is 30.3 Å². The quantitative estimate of drug-likeness (QED) is 0.511. The minimum atomic E-state index is 0.912. The summed E-state index contributed by atoms with van der Waals surface area (Å²) in [6.45, 7) is 4.00. The zero-order valence-electron chi connectivity index (χ0n) is 6.80. The fraction of sp³-hybridized carbons (Fsp3) is 0.444. The summed E-state index contributed by atoms with van der Waals surface area (Å²) in [5, 5.41) is 0. The van der Waals surface area contributed by atoms with E-state index in [1.165, 1.54) is 0 Å². The lowest BCUT2D eigenvalue weighted by atomic mass is 10.2. The van der Waals surface area contributed by atoms with Crippen LogP contribution >= 0.6 is 0 Å². The second-order valence-electron chi connectivity index (χ2n) is 1.85. The van der Waals surface area contributed by atoms with Gasteiger partial charge in [0.25, 0.3) is 0 Å². The number of allylic oxidation sites excluding steroid dienone is 4. The first-order valence-electron chi connectivity index (χ1n) is 3.83. The molecule has 0 saturated heterocycles. The highest BCUT2D eigenvalue weighted by molar-refractivity contribution is 5.15. The number of nitrogens with two attached hydrogens (primary N) is 1. The van der Waals surface area contributed by atoms with Crippen molar-refractivity contribution in [1.29, 1.82) is 0 Å². The Bertz CT molecular complexity index is 123. The van der Waals surface area contributed by atoms with E-state index in [-0.39, 0.29) is 0 Å². The van der Waals surface area contributed by atoms with Crippen LogP contribution in [0.3, 0.4) is 0 Å². The zero-order chi connectivity index (χ0) is 7.82. The van der Waals surface area contributed by atoms with E-state index in [9.17, 15) is 0 Å². The molecule has 0 aliphatic heterocycles. The van der Waals surface area contributed by atoms with Crippen LogP contribution in [0.15, 0.2) is 23.9 Å². The van der Waals surface area contributed by atoms with E-state index in [0.717, 1.165) is 18.5 Å². The topological polar surface area (TPSA) is 26.0 Å². The van der Waals surface area contributed by atoms with Gasteiger partial charge < -0.3 is 5.73 Å². The molecule has 0 aromatic rings. The van der Waals surface area contributed by atoms with Crippen LogP contribution in [0.2, 0.25) is 0 Å². The van der Waals surface area contributed by atoms with Gasteiger partial charge in [-0.3, -0.25) is 0 Å². The molecule has 1 aliphatic carbocycles. The normalized spacial score (nSPS) is 16.4. The minimum absolute atomic E-state index is 0.912. The predicted molar refractivity (Wildman–Crippen MR) is 46.3 cm³/mol. The Morgan fingerprint density at radius 2 is 1.80 bits per heavy atom. The SMILES string of the molecule is CC.NC1=CCC=CC[CH]1. The van der Waals surface area contributed by atoms with Crippen molar-refractivity contribution in [2.24, 2.45) is 5.73 Å². The maximum atomic E-state index is 5.50. The van der Waals surface area contributed by atoms with E-state index in [0.29, 0.717) is 0 Å². The number of rotatable bonds is 0. The Morgan fingerprint density at radius 3 is 2.50 bits per heavy atom. The van der Waals surface area contributed by atoms with Crippen LogP contribution in [0.4, 0.5) is 0 Å². The average molecular weight is 138 g/mol. The molecule has 10 heavy (non-hydrogen) atoms. The van der Waals surface area contributed by atoms with E-state index in [4.69, 9.17) is 5.73 Å². The summed E-state index contributed by atoms with van der Waals surface area (Å²) in [6.07, 6.45) is 10.3. The van der Waals surface area contributed by atoms with Crippen LogP contribution in [0.1, 0.15) is 26.7 Å². The summed E-state index contributed by atoms with van der Waals surface area (Å²) in [4.78, 5) is 0. The third-order valence-corrected chi connectivity index (χ3v) is 1.15. The lowest BCUT2D eigenvalue weighted by Crippen LogP contribution is -1.94. The molecule has 2 N–H and O–H groups in total. The Morgan fingerprint density at radius 1 is 1.20 bits per heavy atom. The van der Waals surface area contributed by atoms with E-state index >= 15 is 0 Å². The van der Waals surface area contributed by atoms with Gasteiger partial charge in [-0.05, 0) is 12.8 Å². The number of hydrogen-bond donors (Lipinski definition) is 1.